The number of nitrogens with zero attached hydrogens (tertiary/aromatic N) is 2. The summed E-state index contributed by atoms with van der Waals surface area (Å²) in [4.78, 5) is 29.5. The molecule has 124 valence electrons. The molecular weight excluding hydrogens is 294 g/mol. The number of hydrogen-bond donors (Lipinski definition) is 3. The molecular formula is C16H23N5O2. The third kappa shape index (κ3) is 3.61. The normalized spacial score (nSPS) is 21.7. The molecule has 4 amide bonds. The highest BCUT2D eigenvalue weighted by molar-refractivity contribution is 6.15. The van der Waals surface area contributed by atoms with Crippen LogP contribution in [0.4, 0.5) is 15.3 Å². The molecule has 0 aromatic carbocycles. The molecule has 0 bridgehead atoms. The Morgan fingerprint density at radius 3 is 2.52 bits per heavy atom. The molecule has 0 spiro atoms. The number of nitrogens with one attached hydrogen (secondary N) is 3. The van der Waals surface area contributed by atoms with Crippen LogP contribution in [0, 0.1) is 5.92 Å². The summed E-state index contributed by atoms with van der Waals surface area (Å²) in [6.07, 6.45) is 8.76. The topological polar surface area (TPSA) is 86.4 Å². The fourth-order valence-electron chi connectivity index (χ4n) is 3.34. The quantitative estimate of drug-likeness (QED) is 0.794. The fourth-order valence-corrected chi connectivity index (χ4v) is 3.34. The standard InChI is InChI=1S/C16H23N5O2/c1-11(12-6-3-2-4-7-12)18-14-19-15(22)21(16(23)20-14)13-8-5-9-17-10-13/h5,8-12,14,18H,2-4,6-7H2,1H3,(H,19,22)(H,20,23)/t11-/m0/s1. The summed E-state index contributed by atoms with van der Waals surface area (Å²) in [7, 11) is 0. The van der Waals surface area contributed by atoms with Gasteiger partial charge in [-0.25, -0.2) is 14.5 Å². The average Bonchev–Trinajstić information content (AvgIpc) is 2.56. The maximum Gasteiger partial charge on any atom is 0.332 e. The second-order valence-electron chi connectivity index (χ2n) is 6.23. The van der Waals surface area contributed by atoms with Crippen molar-refractivity contribution in [3.63, 3.8) is 0 Å². The molecule has 7 nitrogen and oxygen atoms in total. The first-order valence-corrected chi connectivity index (χ1v) is 8.22. The molecule has 1 aromatic heterocycles. The molecule has 0 unspecified atom stereocenters. The van der Waals surface area contributed by atoms with Crippen LogP contribution < -0.4 is 20.9 Å². The van der Waals surface area contributed by atoms with Crippen LogP contribution in [-0.4, -0.2) is 29.4 Å². The van der Waals surface area contributed by atoms with Gasteiger partial charge in [0.15, 0.2) is 6.29 Å². The van der Waals surface area contributed by atoms with Crippen LogP contribution in [0.25, 0.3) is 0 Å². The van der Waals surface area contributed by atoms with Gasteiger partial charge in [-0.15, -0.1) is 0 Å². The monoisotopic (exact) mass is 317 g/mol. The Kier molecular flexibility index (Phi) is 4.76. The Bertz CT molecular complexity index is 541. The number of hydrogen-bond acceptors (Lipinski definition) is 4. The van der Waals surface area contributed by atoms with E-state index in [-0.39, 0.29) is 6.04 Å². The van der Waals surface area contributed by atoms with Gasteiger partial charge in [0.25, 0.3) is 0 Å². The van der Waals surface area contributed by atoms with E-state index in [0.29, 0.717) is 11.6 Å². The summed E-state index contributed by atoms with van der Waals surface area (Å²) in [5.74, 6) is 0.592. The van der Waals surface area contributed by atoms with Crippen molar-refractivity contribution in [2.24, 2.45) is 5.92 Å². The van der Waals surface area contributed by atoms with Crippen LogP contribution in [-0.2, 0) is 0 Å². The van der Waals surface area contributed by atoms with Crippen molar-refractivity contribution in [2.75, 3.05) is 4.90 Å². The summed E-state index contributed by atoms with van der Waals surface area (Å²) >= 11 is 0. The van der Waals surface area contributed by atoms with Crippen molar-refractivity contribution in [1.82, 2.24) is 20.9 Å². The molecule has 2 aliphatic rings. The molecule has 3 rings (SSSR count). The second-order valence-corrected chi connectivity index (χ2v) is 6.23. The third-order valence-electron chi connectivity index (χ3n) is 4.63. The molecule has 2 fully saturated rings. The number of carbonyl (C=O) groups is 2. The summed E-state index contributed by atoms with van der Waals surface area (Å²) in [5, 5.41) is 8.88. The van der Waals surface area contributed by atoms with Gasteiger partial charge in [-0.1, -0.05) is 19.3 Å². The lowest BCUT2D eigenvalue weighted by molar-refractivity contribution is 0.197. The van der Waals surface area contributed by atoms with Gasteiger partial charge in [0.1, 0.15) is 0 Å². The van der Waals surface area contributed by atoms with Crippen molar-refractivity contribution in [2.45, 2.75) is 51.4 Å². The molecule has 1 saturated carbocycles. The van der Waals surface area contributed by atoms with Gasteiger partial charge in [-0.2, -0.15) is 0 Å². The van der Waals surface area contributed by atoms with Gasteiger partial charge in [-0.3, -0.25) is 10.3 Å². The van der Waals surface area contributed by atoms with Crippen LogP contribution in [0.3, 0.4) is 0 Å². The zero-order valence-corrected chi connectivity index (χ0v) is 13.3. The third-order valence-corrected chi connectivity index (χ3v) is 4.63. The lowest BCUT2D eigenvalue weighted by Gasteiger charge is -2.36. The van der Waals surface area contributed by atoms with Gasteiger partial charge in [0.05, 0.1) is 11.9 Å². The Balaban J connectivity index is 1.60. The minimum absolute atomic E-state index is 0.242. The maximum atomic E-state index is 12.3. The predicted octanol–water partition coefficient (Wildman–Crippen LogP) is 2.16. The van der Waals surface area contributed by atoms with E-state index in [9.17, 15) is 9.59 Å². The smallest absolute Gasteiger partial charge is 0.304 e. The Morgan fingerprint density at radius 1 is 1.22 bits per heavy atom. The highest BCUT2D eigenvalue weighted by Crippen LogP contribution is 2.26. The largest absolute Gasteiger partial charge is 0.332 e. The zero-order chi connectivity index (χ0) is 16.2. The van der Waals surface area contributed by atoms with E-state index in [1.807, 2.05) is 0 Å². The van der Waals surface area contributed by atoms with E-state index in [2.05, 4.69) is 27.9 Å². The van der Waals surface area contributed by atoms with E-state index < -0.39 is 18.4 Å². The molecule has 3 N–H and O–H groups in total. The zero-order valence-electron chi connectivity index (χ0n) is 13.3. The minimum Gasteiger partial charge on any atom is -0.304 e. The van der Waals surface area contributed by atoms with Crippen LogP contribution in [0.5, 0.6) is 0 Å². The Hall–Kier alpha value is -2.15. The van der Waals surface area contributed by atoms with Crippen molar-refractivity contribution in [1.29, 1.82) is 0 Å². The van der Waals surface area contributed by atoms with Crippen LogP contribution >= 0.6 is 0 Å². The van der Waals surface area contributed by atoms with E-state index in [1.165, 1.54) is 38.3 Å². The summed E-state index contributed by atoms with van der Waals surface area (Å²) in [5.41, 5.74) is 0.446. The van der Waals surface area contributed by atoms with Crippen LogP contribution in [0.15, 0.2) is 24.5 Å². The van der Waals surface area contributed by atoms with E-state index in [4.69, 9.17) is 0 Å². The number of imide groups is 1. The SMILES string of the molecule is C[C@H](NC1NC(=O)N(c2cccnc2)C(=O)N1)C1CCCCC1. The van der Waals surface area contributed by atoms with Gasteiger partial charge in [0.2, 0.25) is 0 Å². The average molecular weight is 317 g/mol. The van der Waals surface area contributed by atoms with E-state index in [0.717, 1.165) is 4.90 Å². The minimum atomic E-state index is -0.542. The molecule has 1 aliphatic heterocycles. The predicted molar refractivity (Wildman–Crippen MR) is 86.7 cm³/mol. The number of rotatable bonds is 4. The first-order valence-electron chi connectivity index (χ1n) is 8.22. The van der Waals surface area contributed by atoms with Crippen LogP contribution in [0.2, 0.25) is 0 Å². The van der Waals surface area contributed by atoms with Crippen molar-refractivity contribution >= 4 is 17.7 Å². The van der Waals surface area contributed by atoms with Gasteiger partial charge in [-0.05, 0) is 37.8 Å². The number of carbonyl (C=O) groups excluding carboxylic acids is 2. The maximum absolute atomic E-state index is 12.3. The summed E-state index contributed by atoms with van der Waals surface area (Å²) in [6.45, 7) is 2.11. The highest BCUT2D eigenvalue weighted by Gasteiger charge is 2.34. The van der Waals surface area contributed by atoms with E-state index in [1.54, 1.807) is 18.3 Å². The molecule has 7 heteroatoms. The number of aromatic nitrogens is 1. The van der Waals surface area contributed by atoms with Crippen LogP contribution in [0.1, 0.15) is 39.0 Å². The van der Waals surface area contributed by atoms with Crippen molar-refractivity contribution in [3.05, 3.63) is 24.5 Å². The number of amides is 4. The van der Waals surface area contributed by atoms with Crippen molar-refractivity contribution < 1.29 is 9.59 Å². The van der Waals surface area contributed by atoms with Gasteiger partial charge < -0.3 is 10.6 Å². The molecule has 2 heterocycles. The number of pyridine rings is 1. The van der Waals surface area contributed by atoms with E-state index >= 15 is 0 Å². The van der Waals surface area contributed by atoms with Gasteiger partial charge >= 0.3 is 12.1 Å². The van der Waals surface area contributed by atoms with Gasteiger partial charge in [0, 0.05) is 12.2 Å². The Morgan fingerprint density at radius 2 is 1.91 bits per heavy atom. The summed E-state index contributed by atoms with van der Waals surface area (Å²) in [6, 6.07) is 2.70. The number of anilines is 1. The summed E-state index contributed by atoms with van der Waals surface area (Å²) < 4.78 is 0. The lowest BCUT2D eigenvalue weighted by atomic mass is 9.84. The van der Waals surface area contributed by atoms with Crippen molar-refractivity contribution in [3.8, 4) is 0 Å². The second kappa shape index (κ2) is 6.95. The first kappa shape index (κ1) is 15.7. The first-order chi connectivity index (χ1) is 11.1. The molecule has 1 aromatic rings. The molecule has 1 saturated heterocycles. The molecule has 0 radical (unpaired) electrons. The lowest BCUT2D eigenvalue weighted by Crippen LogP contribution is -2.69. The molecule has 1 aliphatic carbocycles. The molecule has 1 atom stereocenters. The fraction of sp³-hybridized carbons (Fsp3) is 0.562. The number of urea groups is 2. The molecule has 23 heavy (non-hydrogen) atoms. The Labute approximate surface area is 135 Å². The highest BCUT2D eigenvalue weighted by atomic mass is 16.2.